The predicted molar refractivity (Wildman–Crippen MR) is 45.4 cm³/mol. The number of nitrogens with one attached hydrogen (secondary N) is 1. The highest BCUT2D eigenvalue weighted by molar-refractivity contribution is 5.85. The van der Waals surface area contributed by atoms with Crippen LogP contribution in [-0.2, 0) is 4.94 Å². The minimum absolute atomic E-state index is 0. The van der Waals surface area contributed by atoms with Gasteiger partial charge in [-0.25, -0.2) is 4.94 Å². The smallest absolute Gasteiger partial charge is 0.0260 e. The second-order valence-corrected chi connectivity index (χ2v) is 1.93. The molecular weight excluding hydrogens is 175 g/mol. The van der Waals surface area contributed by atoms with Crippen LogP contribution in [0.1, 0.15) is 12.8 Å². The maximum absolute atomic E-state index is 4.99. The normalized spacial score (nSPS) is 17.7. The van der Waals surface area contributed by atoms with Gasteiger partial charge in [0, 0.05) is 20.1 Å². The first-order valence-electron chi connectivity index (χ1n) is 3.02. The fourth-order valence-corrected chi connectivity index (χ4v) is 0.909. The van der Waals surface area contributed by atoms with Crippen LogP contribution < -0.4 is 5.48 Å². The summed E-state index contributed by atoms with van der Waals surface area (Å²) < 4.78 is 0. The Balaban J connectivity index is 0. The quantitative estimate of drug-likeness (QED) is 0.655. The Labute approximate surface area is 73.8 Å². The third kappa shape index (κ3) is 4.30. The molecule has 1 heterocycles. The van der Waals surface area contributed by atoms with Crippen LogP contribution in [0, 0.1) is 0 Å². The highest BCUT2D eigenvalue weighted by atomic mass is 35.5. The van der Waals surface area contributed by atoms with Crippen LogP contribution in [0.5, 0.6) is 0 Å². The summed E-state index contributed by atoms with van der Waals surface area (Å²) in [5.74, 6) is 0. The van der Waals surface area contributed by atoms with E-state index in [0.717, 1.165) is 13.1 Å². The third-order valence-electron chi connectivity index (χ3n) is 1.29. The van der Waals surface area contributed by atoms with Crippen molar-refractivity contribution in [3.05, 3.63) is 0 Å². The molecule has 3 nitrogen and oxygen atoms in total. The number of hydroxylamine groups is 3. The Morgan fingerprint density at radius 1 is 1.20 bits per heavy atom. The minimum Gasteiger partial charge on any atom is -0.212 e. The Kier molecular flexibility index (Phi) is 9.90. The van der Waals surface area contributed by atoms with E-state index in [0.29, 0.717) is 0 Å². The summed E-state index contributed by atoms with van der Waals surface area (Å²) in [5.41, 5.74) is 2.64. The lowest BCUT2D eigenvalue weighted by atomic mass is 10.4. The molecule has 0 aliphatic carbocycles. The zero-order valence-electron chi connectivity index (χ0n) is 6.00. The van der Waals surface area contributed by atoms with Gasteiger partial charge in [0.2, 0.25) is 0 Å². The van der Waals surface area contributed by atoms with Gasteiger partial charge in [-0.05, 0) is 12.8 Å². The van der Waals surface area contributed by atoms with Crippen LogP contribution in [0.4, 0.5) is 0 Å². The highest BCUT2D eigenvalue weighted by Crippen LogP contribution is 2.05. The first kappa shape index (κ1) is 13.1. The Bertz CT molecular complexity index is 68.7. The van der Waals surface area contributed by atoms with Crippen molar-refractivity contribution in [2.45, 2.75) is 12.8 Å². The number of rotatable bonds is 2. The molecule has 1 aliphatic heterocycles. The zero-order valence-corrected chi connectivity index (χ0v) is 7.63. The van der Waals surface area contributed by atoms with E-state index < -0.39 is 0 Å². The second kappa shape index (κ2) is 7.57. The fraction of sp³-hybridized carbons (Fsp3) is 1.00. The van der Waals surface area contributed by atoms with Crippen molar-refractivity contribution >= 4 is 24.8 Å². The standard InChI is InChI=1S/C5H12N2O.2ClH/c1-6-8-7-4-2-3-5-7;;/h6H,2-5H2,1H3;2*1H. The van der Waals surface area contributed by atoms with Crippen LogP contribution in [-0.4, -0.2) is 25.2 Å². The van der Waals surface area contributed by atoms with Gasteiger partial charge < -0.3 is 0 Å². The summed E-state index contributed by atoms with van der Waals surface area (Å²) in [5, 5.41) is 1.93. The monoisotopic (exact) mass is 188 g/mol. The van der Waals surface area contributed by atoms with E-state index in [9.17, 15) is 0 Å². The largest absolute Gasteiger partial charge is 0.212 e. The predicted octanol–water partition coefficient (Wildman–Crippen LogP) is 0.992. The molecule has 0 aromatic carbocycles. The molecule has 1 rings (SSSR count). The first-order chi connectivity index (χ1) is 3.93. The van der Waals surface area contributed by atoms with E-state index in [1.165, 1.54) is 12.8 Å². The number of hydrogen-bond donors (Lipinski definition) is 1. The summed E-state index contributed by atoms with van der Waals surface area (Å²) in [4.78, 5) is 4.99. The average molecular weight is 189 g/mol. The van der Waals surface area contributed by atoms with E-state index in [4.69, 9.17) is 4.94 Å². The molecule has 1 fully saturated rings. The van der Waals surface area contributed by atoms with Gasteiger partial charge in [-0.3, -0.25) is 0 Å². The van der Waals surface area contributed by atoms with Crippen LogP contribution in [0.3, 0.4) is 0 Å². The lowest BCUT2D eigenvalue weighted by Crippen LogP contribution is -2.26. The molecule has 1 aliphatic rings. The summed E-state index contributed by atoms with van der Waals surface area (Å²) in [6.07, 6.45) is 2.53. The van der Waals surface area contributed by atoms with Crippen LogP contribution in [0.15, 0.2) is 0 Å². The molecule has 10 heavy (non-hydrogen) atoms. The van der Waals surface area contributed by atoms with E-state index in [2.05, 4.69) is 5.48 Å². The molecular formula is C5H14Cl2N2O. The van der Waals surface area contributed by atoms with Gasteiger partial charge in [0.05, 0.1) is 0 Å². The molecule has 0 saturated carbocycles. The second-order valence-electron chi connectivity index (χ2n) is 1.93. The topological polar surface area (TPSA) is 24.5 Å². The first-order valence-corrected chi connectivity index (χ1v) is 3.02. The van der Waals surface area contributed by atoms with E-state index in [1.54, 1.807) is 7.05 Å². The van der Waals surface area contributed by atoms with Gasteiger partial charge in [0.25, 0.3) is 0 Å². The minimum atomic E-state index is 0. The molecule has 0 aromatic rings. The maximum atomic E-state index is 4.99. The number of halogens is 2. The third-order valence-corrected chi connectivity index (χ3v) is 1.29. The van der Waals surface area contributed by atoms with E-state index >= 15 is 0 Å². The van der Waals surface area contributed by atoms with Crippen molar-refractivity contribution in [1.29, 1.82) is 0 Å². The van der Waals surface area contributed by atoms with Gasteiger partial charge in [0.1, 0.15) is 0 Å². The summed E-state index contributed by atoms with van der Waals surface area (Å²) in [7, 11) is 1.78. The Hall–Kier alpha value is 0.460. The van der Waals surface area contributed by atoms with Gasteiger partial charge in [0.15, 0.2) is 0 Å². The lowest BCUT2D eigenvalue weighted by molar-refractivity contribution is -0.189. The highest BCUT2D eigenvalue weighted by Gasteiger charge is 2.10. The van der Waals surface area contributed by atoms with Crippen LogP contribution >= 0.6 is 24.8 Å². The molecule has 1 saturated heterocycles. The van der Waals surface area contributed by atoms with Crippen molar-refractivity contribution in [3.8, 4) is 0 Å². The van der Waals surface area contributed by atoms with Crippen molar-refractivity contribution in [3.63, 3.8) is 0 Å². The number of nitrogens with zero attached hydrogens (tertiary/aromatic N) is 1. The zero-order chi connectivity index (χ0) is 5.82. The van der Waals surface area contributed by atoms with Crippen molar-refractivity contribution in [2.75, 3.05) is 20.1 Å². The summed E-state index contributed by atoms with van der Waals surface area (Å²) in [6.45, 7) is 2.14. The molecule has 0 unspecified atom stereocenters. The molecule has 0 amide bonds. The Morgan fingerprint density at radius 2 is 1.70 bits per heavy atom. The van der Waals surface area contributed by atoms with Gasteiger partial charge in [-0.15, -0.1) is 24.8 Å². The number of hydrogen-bond acceptors (Lipinski definition) is 3. The summed E-state index contributed by atoms with van der Waals surface area (Å²) in [6, 6.07) is 0. The van der Waals surface area contributed by atoms with E-state index in [1.807, 2.05) is 5.06 Å². The maximum Gasteiger partial charge on any atom is 0.0260 e. The molecule has 1 N–H and O–H groups in total. The molecule has 0 spiro atoms. The molecule has 0 bridgehead atoms. The van der Waals surface area contributed by atoms with Gasteiger partial charge in [-0.2, -0.15) is 10.5 Å². The molecule has 0 atom stereocenters. The van der Waals surface area contributed by atoms with Crippen molar-refractivity contribution < 1.29 is 4.94 Å². The molecule has 0 aromatic heterocycles. The fourth-order valence-electron chi connectivity index (χ4n) is 0.909. The van der Waals surface area contributed by atoms with E-state index in [-0.39, 0.29) is 24.8 Å². The Morgan fingerprint density at radius 3 is 2.10 bits per heavy atom. The average Bonchev–Trinajstić information content (AvgIpc) is 2.19. The summed E-state index contributed by atoms with van der Waals surface area (Å²) >= 11 is 0. The van der Waals surface area contributed by atoms with Gasteiger partial charge >= 0.3 is 0 Å². The molecule has 64 valence electrons. The van der Waals surface area contributed by atoms with Gasteiger partial charge in [-0.1, -0.05) is 0 Å². The van der Waals surface area contributed by atoms with Crippen LogP contribution in [0.25, 0.3) is 0 Å². The van der Waals surface area contributed by atoms with Crippen LogP contribution in [0.2, 0.25) is 0 Å². The molecule has 0 radical (unpaired) electrons. The lowest BCUT2D eigenvalue weighted by Gasteiger charge is -2.11. The molecule has 5 heteroatoms. The van der Waals surface area contributed by atoms with Crippen molar-refractivity contribution in [1.82, 2.24) is 10.5 Å². The SMILES string of the molecule is CNON1CCCC1.Cl.Cl. The van der Waals surface area contributed by atoms with Crippen molar-refractivity contribution in [2.24, 2.45) is 0 Å².